The molecule has 0 spiro atoms. The number of aromatic nitrogens is 2. The maximum atomic E-state index is 12.7. The van der Waals surface area contributed by atoms with E-state index < -0.39 is 0 Å². The third-order valence-electron chi connectivity index (χ3n) is 5.07. The van der Waals surface area contributed by atoms with Gasteiger partial charge in [-0.05, 0) is 25.3 Å². The Morgan fingerprint density at radius 3 is 3.20 bits per heavy atom. The molecule has 0 N–H and O–H groups in total. The van der Waals surface area contributed by atoms with Crippen molar-refractivity contribution < 1.29 is 14.3 Å². The molecule has 0 radical (unpaired) electrons. The number of thiazole rings is 1. The van der Waals surface area contributed by atoms with Crippen molar-refractivity contribution in [1.29, 1.82) is 0 Å². The number of piperidine rings is 1. The molecule has 4 rings (SSSR count). The zero-order valence-corrected chi connectivity index (χ0v) is 14.8. The molecular weight excluding hydrogens is 338 g/mol. The minimum absolute atomic E-state index is 0.00230. The fraction of sp³-hybridized carbons (Fsp3) is 0.500. The number of carbonyl (C=O) groups is 1. The van der Waals surface area contributed by atoms with Gasteiger partial charge in [0.2, 0.25) is 5.88 Å². The van der Waals surface area contributed by atoms with Crippen LogP contribution in [0.5, 0.6) is 5.88 Å². The molecule has 0 unspecified atom stereocenters. The largest absolute Gasteiger partial charge is 0.477 e. The van der Waals surface area contributed by atoms with Gasteiger partial charge in [-0.15, -0.1) is 11.3 Å². The van der Waals surface area contributed by atoms with E-state index >= 15 is 0 Å². The van der Waals surface area contributed by atoms with E-state index in [1.807, 2.05) is 28.5 Å². The Bertz CT molecular complexity index is 710. The van der Waals surface area contributed by atoms with Crippen molar-refractivity contribution in [3.8, 4) is 5.88 Å². The number of nitrogens with zero attached hydrogens (tertiary/aromatic N) is 3. The first-order valence-corrected chi connectivity index (χ1v) is 9.54. The molecule has 0 aromatic carbocycles. The highest BCUT2D eigenvalue weighted by molar-refractivity contribution is 7.07. The number of pyridine rings is 1. The number of amides is 1. The van der Waals surface area contributed by atoms with E-state index in [0.717, 1.165) is 25.9 Å². The standard InChI is InChI=1S/C18H21N3O3S/c22-17(14-10-25-13-20-14)21-8-5-15-18(11-21,6-3-9-23-15)12-24-16-4-1-2-7-19-16/h1-2,4,7,10,13,15H,3,5-6,8-9,11-12H2/t15-,18+/m0/s1. The molecule has 2 aromatic rings. The Balaban J connectivity index is 1.51. The molecule has 2 aromatic heterocycles. The number of rotatable bonds is 4. The molecule has 0 saturated carbocycles. The summed E-state index contributed by atoms with van der Waals surface area (Å²) in [5, 5.41) is 1.81. The lowest BCUT2D eigenvalue weighted by molar-refractivity contribution is -0.133. The predicted molar refractivity (Wildman–Crippen MR) is 93.8 cm³/mol. The van der Waals surface area contributed by atoms with Crippen LogP contribution in [-0.4, -0.2) is 53.2 Å². The van der Waals surface area contributed by atoms with Crippen LogP contribution in [0.2, 0.25) is 0 Å². The highest BCUT2D eigenvalue weighted by Crippen LogP contribution is 2.40. The number of fused-ring (bicyclic) bond motifs is 1. The van der Waals surface area contributed by atoms with Gasteiger partial charge in [-0.3, -0.25) is 4.79 Å². The van der Waals surface area contributed by atoms with E-state index in [4.69, 9.17) is 9.47 Å². The van der Waals surface area contributed by atoms with E-state index in [0.29, 0.717) is 31.3 Å². The molecule has 2 saturated heterocycles. The van der Waals surface area contributed by atoms with E-state index in [1.54, 1.807) is 11.7 Å². The maximum Gasteiger partial charge on any atom is 0.273 e. The summed E-state index contributed by atoms with van der Waals surface area (Å²) in [5.41, 5.74) is 2.05. The molecular formula is C18H21N3O3S. The van der Waals surface area contributed by atoms with Crippen molar-refractivity contribution in [1.82, 2.24) is 14.9 Å². The lowest BCUT2D eigenvalue weighted by atomic mass is 9.73. The van der Waals surface area contributed by atoms with Gasteiger partial charge in [0.1, 0.15) is 5.69 Å². The second-order valence-corrected chi connectivity index (χ2v) is 7.39. The number of hydrogen-bond donors (Lipinski definition) is 0. The van der Waals surface area contributed by atoms with Crippen LogP contribution in [-0.2, 0) is 4.74 Å². The Labute approximate surface area is 150 Å². The van der Waals surface area contributed by atoms with Gasteiger partial charge in [-0.25, -0.2) is 9.97 Å². The van der Waals surface area contributed by atoms with E-state index in [1.165, 1.54) is 11.3 Å². The van der Waals surface area contributed by atoms with Gasteiger partial charge >= 0.3 is 0 Å². The molecule has 2 aliphatic heterocycles. The van der Waals surface area contributed by atoms with Gasteiger partial charge in [0, 0.05) is 42.8 Å². The lowest BCUT2D eigenvalue weighted by Crippen LogP contribution is -2.58. The quantitative estimate of drug-likeness (QED) is 0.840. The summed E-state index contributed by atoms with van der Waals surface area (Å²) in [5.74, 6) is 0.617. The second kappa shape index (κ2) is 7.09. The fourth-order valence-electron chi connectivity index (χ4n) is 3.80. The highest BCUT2D eigenvalue weighted by atomic mass is 32.1. The van der Waals surface area contributed by atoms with Gasteiger partial charge < -0.3 is 14.4 Å². The fourth-order valence-corrected chi connectivity index (χ4v) is 4.33. The normalized spacial score (nSPS) is 26.1. The molecule has 4 heterocycles. The summed E-state index contributed by atoms with van der Waals surface area (Å²) >= 11 is 1.45. The van der Waals surface area contributed by atoms with Crippen LogP contribution in [0.4, 0.5) is 0 Å². The van der Waals surface area contributed by atoms with Gasteiger partial charge in [-0.2, -0.15) is 0 Å². The summed E-state index contributed by atoms with van der Waals surface area (Å²) < 4.78 is 12.0. The Kier molecular flexibility index (Phi) is 4.67. The molecule has 0 aliphatic carbocycles. The minimum Gasteiger partial charge on any atom is -0.477 e. The Morgan fingerprint density at radius 1 is 1.44 bits per heavy atom. The predicted octanol–water partition coefficient (Wildman–Crippen LogP) is 2.63. The van der Waals surface area contributed by atoms with Crippen LogP contribution in [0.1, 0.15) is 29.8 Å². The second-order valence-electron chi connectivity index (χ2n) is 6.67. The van der Waals surface area contributed by atoms with Crippen LogP contribution in [0, 0.1) is 5.41 Å². The van der Waals surface area contributed by atoms with Crippen molar-refractivity contribution >= 4 is 17.2 Å². The summed E-state index contributed by atoms with van der Waals surface area (Å²) in [6.45, 7) is 2.64. The van der Waals surface area contributed by atoms with Crippen LogP contribution in [0.3, 0.4) is 0 Å². The zero-order chi connectivity index (χ0) is 17.1. The molecule has 25 heavy (non-hydrogen) atoms. The van der Waals surface area contributed by atoms with E-state index in [9.17, 15) is 4.79 Å². The zero-order valence-electron chi connectivity index (χ0n) is 14.0. The SMILES string of the molecule is O=C(c1cscn1)N1CC[C@@H]2OCCC[C@]2(COc2ccccn2)C1. The van der Waals surface area contributed by atoms with Gasteiger partial charge in [0.05, 0.1) is 18.2 Å². The van der Waals surface area contributed by atoms with Crippen molar-refractivity contribution in [3.63, 3.8) is 0 Å². The molecule has 2 fully saturated rings. The topological polar surface area (TPSA) is 64.6 Å². The van der Waals surface area contributed by atoms with Crippen LogP contribution in [0.15, 0.2) is 35.3 Å². The third-order valence-corrected chi connectivity index (χ3v) is 5.66. The summed E-state index contributed by atoms with van der Waals surface area (Å²) in [4.78, 5) is 23.0. The molecule has 0 bridgehead atoms. The molecule has 1 amide bonds. The third kappa shape index (κ3) is 3.39. The van der Waals surface area contributed by atoms with Crippen molar-refractivity contribution in [2.24, 2.45) is 5.41 Å². The lowest BCUT2D eigenvalue weighted by Gasteiger charge is -2.49. The van der Waals surface area contributed by atoms with Crippen molar-refractivity contribution in [3.05, 3.63) is 41.0 Å². The molecule has 6 nitrogen and oxygen atoms in total. The van der Waals surface area contributed by atoms with E-state index in [2.05, 4.69) is 9.97 Å². The van der Waals surface area contributed by atoms with Crippen molar-refractivity contribution in [2.75, 3.05) is 26.3 Å². The van der Waals surface area contributed by atoms with Gasteiger partial charge in [0.15, 0.2) is 0 Å². The average molecular weight is 359 g/mol. The van der Waals surface area contributed by atoms with E-state index in [-0.39, 0.29) is 17.4 Å². The minimum atomic E-state index is -0.181. The van der Waals surface area contributed by atoms with Gasteiger partial charge in [0.25, 0.3) is 5.91 Å². The summed E-state index contributed by atoms with van der Waals surface area (Å²) in [7, 11) is 0. The monoisotopic (exact) mass is 359 g/mol. The van der Waals surface area contributed by atoms with Crippen molar-refractivity contribution in [2.45, 2.75) is 25.4 Å². The first-order chi connectivity index (χ1) is 12.3. The highest BCUT2D eigenvalue weighted by Gasteiger charge is 2.48. The number of hydrogen-bond acceptors (Lipinski definition) is 6. The molecule has 7 heteroatoms. The van der Waals surface area contributed by atoms with Crippen LogP contribution >= 0.6 is 11.3 Å². The average Bonchev–Trinajstić information content (AvgIpc) is 3.21. The smallest absolute Gasteiger partial charge is 0.273 e. The first kappa shape index (κ1) is 16.5. The Hall–Kier alpha value is -1.99. The van der Waals surface area contributed by atoms with Gasteiger partial charge in [-0.1, -0.05) is 6.07 Å². The molecule has 2 aliphatic rings. The summed E-state index contributed by atoms with van der Waals surface area (Å²) in [6.07, 6.45) is 4.67. The number of carbonyl (C=O) groups excluding carboxylic acids is 1. The number of likely N-dealkylation sites (tertiary alicyclic amines) is 1. The first-order valence-electron chi connectivity index (χ1n) is 8.60. The Morgan fingerprint density at radius 2 is 2.40 bits per heavy atom. The van der Waals surface area contributed by atoms with Crippen LogP contribution in [0.25, 0.3) is 0 Å². The summed E-state index contributed by atoms with van der Waals surface area (Å²) in [6, 6.07) is 5.64. The number of ether oxygens (including phenoxy) is 2. The molecule has 132 valence electrons. The molecule has 2 atom stereocenters. The maximum absolute atomic E-state index is 12.7. The van der Waals surface area contributed by atoms with Crippen LogP contribution < -0.4 is 4.74 Å².